The molecule has 4 atom stereocenters. The van der Waals surface area contributed by atoms with Crippen LogP contribution >= 0.6 is 0 Å². The van der Waals surface area contributed by atoms with Gasteiger partial charge in [0.05, 0.1) is 11.9 Å². The van der Waals surface area contributed by atoms with E-state index in [1.54, 1.807) is 0 Å². The van der Waals surface area contributed by atoms with Gasteiger partial charge in [-0.05, 0) is 37.7 Å². The Morgan fingerprint density at radius 2 is 2.00 bits per heavy atom. The van der Waals surface area contributed by atoms with E-state index in [2.05, 4.69) is 0 Å². The SMILES string of the molecule is O=C(O)CCC/C=C1\C[C@@H]2[C@@H](CC(=O)C3CCCC3)[C@H](O)C[C@@H]2O1. The van der Waals surface area contributed by atoms with Gasteiger partial charge in [0.15, 0.2) is 0 Å². The number of unbranched alkanes of at least 4 members (excludes halogenated alkanes) is 1. The Morgan fingerprint density at radius 1 is 1.25 bits per heavy atom. The number of allylic oxidation sites excluding steroid dienone is 2. The van der Waals surface area contributed by atoms with Crippen LogP contribution in [0.25, 0.3) is 0 Å². The number of aliphatic carboxylic acids is 1. The zero-order valence-electron chi connectivity index (χ0n) is 14.2. The molecular formula is C19H28O5. The average Bonchev–Trinajstić information content (AvgIpc) is 3.23. The number of ether oxygens (including phenoxy) is 1. The minimum Gasteiger partial charge on any atom is -0.495 e. The summed E-state index contributed by atoms with van der Waals surface area (Å²) >= 11 is 0. The smallest absolute Gasteiger partial charge is 0.303 e. The zero-order valence-corrected chi connectivity index (χ0v) is 14.2. The quantitative estimate of drug-likeness (QED) is 0.698. The molecule has 0 unspecified atom stereocenters. The van der Waals surface area contributed by atoms with E-state index in [9.17, 15) is 14.7 Å². The Kier molecular flexibility index (Phi) is 5.59. The number of carbonyl (C=O) groups excluding carboxylic acids is 1. The molecule has 0 spiro atoms. The second kappa shape index (κ2) is 7.68. The van der Waals surface area contributed by atoms with Gasteiger partial charge in [0.2, 0.25) is 0 Å². The number of hydrogen-bond acceptors (Lipinski definition) is 4. The maximum absolute atomic E-state index is 12.5. The molecule has 0 aromatic heterocycles. The van der Waals surface area contributed by atoms with Gasteiger partial charge in [-0.3, -0.25) is 9.59 Å². The lowest BCUT2D eigenvalue weighted by Crippen LogP contribution is -2.25. The lowest BCUT2D eigenvalue weighted by Gasteiger charge is -2.20. The summed E-state index contributed by atoms with van der Waals surface area (Å²) in [6, 6.07) is 0. The first-order chi connectivity index (χ1) is 11.5. The van der Waals surface area contributed by atoms with Gasteiger partial charge in [0, 0.05) is 37.5 Å². The molecule has 5 nitrogen and oxygen atoms in total. The van der Waals surface area contributed by atoms with Crippen molar-refractivity contribution in [1.29, 1.82) is 0 Å². The van der Waals surface area contributed by atoms with Crippen molar-refractivity contribution >= 4 is 11.8 Å². The average molecular weight is 336 g/mol. The fraction of sp³-hybridized carbons (Fsp3) is 0.789. The van der Waals surface area contributed by atoms with Gasteiger partial charge in [-0.2, -0.15) is 0 Å². The number of carboxylic acids is 1. The summed E-state index contributed by atoms with van der Waals surface area (Å²) in [5.74, 6) is 0.941. The molecule has 0 bridgehead atoms. The topological polar surface area (TPSA) is 83.8 Å². The number of rotatable bonds is 7. The molecule has 3 rings (SSSR count). The summed E-state index contributed by atoms with van der Waals surface area (Å²) in [5, 5.41) is 19.0. The fourth-order valence-corrected chi connectivity index (χ4v) is 4.62. The molecule has 0 amide bonds. The van der Waals surface area contributed by atoms with E-state index in [4.69, 9.17) is 9.84 Å². The van der Waals surface area contributed by atoms with Gasteiger partial charge < -0.3 is 14.9 Å². The van der Waals surface area contributed by atoms with Crippen LogP contribution in [0.5, 0.6) is 0 Å². The highest BCUT2D eigenvalue weighted by Gasteiger charge is 2.48. The Balaban J connectivity index is 1.52. The molecule has 0 radical (unpaired) electrons. The summed E-state index contributed by atoms with van der Waals surface area (Å²) in [5.41, 5.74) is 0. The first kappa shape index (κ1) is 17.5. The van der Waals surface area contributed by atoms with Gasteiger partial charge in [-0.25, -0.2) is 0 Å². The molecule has 134 valence electrons. The molecule has 1 aliphatic heterocycles. The third-order valence-electron chi connectivity index (χ3n) is 5.95. The number of fused-ring (bicyclic) bond motifs is 1. The van der Waals surface area contributed by atoms with Gasteiger partial charge in [0.1, 0.15) is 11.9 Å². The molecule has 1 heterocycles. The fourth-order valence-electron chi connectivity index (χ4n) is 4.62. The number of carbonyl (C=O) groups is 2. The van der Waals surface area contributed by atoms with Crippen LogP contribution in [0.2, 0.25) is 0 Å². The van der Waals surface area contributed by atoms with Crippen LogP contribution < -0.4 is 0 Å². The monoisotopic (exact) mass is 336 g/mol. The van der Waals surface area contributed by atoms with Crippen molar-refractivity contribution in [3.8, 4) is 0 Å². The molecular weight excluding hydrogens is 308 g/mol. The molecule has 24 heavy (non-hydrogen) atoms. The third kappa shape index (κ3) is 4.00. The van der Waals surface area contributed by atoms with Crippen molar-refractivity contribution in [3.63, 3.8) is 0 Å². The van der Waals surface area contributed by atoms with E-state index in [-0.39, 0.29) is 30.3 Å². The first-order valence-electron chi connectivity index (χ1n) is 9.33. The van der Waals surface area contributed by atoms with Crippen molar-refractivity contribution in [2.75, 3.05) is 0 Å². The normalized spacial score (nSPS) is 34.5. The Bertz CT molecular complexity index is 506. The Morgan fingerprint density at radius 3 is 2.71 bits per heavy atom. The van der Waals surface area contributed by atoms with E-state index in [1.807, 2.05) is 6.08 Å². The maximum Gasteiger partial charge on any atom is 0.303 e. The molecule has 2 saturated carbocycles. The molecule has 1 saturated heterocycles. The largest absolute Gasteiger partial charge is 0.495 e. The highest BCUT2D eigenvalue weighted by atomic mass is 16.5. The number of Topliss-reactive ketones (excluding diaryl/α,β-unsaturated/α-hetero) is 1. The minimum atomic E-state index is -0.772. The zero-order chi connectivity index (χ0) is 17.1. The number of aliphatic hydroxyl groups excluding tert-OH is 1. The molecule has 0 aromatic carbocycles. The van der Waals surface area contributed by atoms with E-state index in [0.717, 1.165) is 37.9 Å². The van der Waals surface area contributed by atoms with Crippen LogP contribution in [0.15, 0.2) is 11.8 Å². The number of ketones is 1. The van der Waals surface area contributed by atoms with Crippen LogP contribution in [-0.4, -0.2) is 34.2 Å². The predicted octanol–water partition coefficient (Wildman–Crippen LogP) is 3.06. The van der Waals surface area contributed by atoms with Crippen LogP contribution in [0.3, 0.4) is 0 Å². The summed E-state index contributed by atoms with van der Waals surface area (Å²) in [6.45, 7) is 0. The summed E-state index contributed by atoms with van der Waals surface area (Å²) in [4.78, 5) is 23.0. The molecule has 0 aromatic rings. The van der Waals surface area contributed by atoms with E-state index in [0.29, 0.717) is 31.5 Å². The van der Waals surface area contributed by atoms with Crippen LogP contribution in [0.1, 0.15) is 64.2 Å². The summed E-state index contributed by atoms with van der Waals surface area (Å²) < 4.78 is 5.94. The molecule has 3 fully saturated rings. The molecule has 5 heteroatoms. The van der Waals surface area contributed by atoms with E-state index >= 15 is 0 Å². The molecule has 2 aliphatic carbocycles. The van der Waals surface area contributed by atoms with Crippen molar-refractivity contribution < 1.29 is 24.5 Å². The van der Waals surface area contributed by atoms with E-state index in [1.165, 1.54) is 0 Å². The van der Waals surface area contributed by atoms with Crippen LogP contribution in [0.4, 0.5) is 0 Å². The molecule has 3 aliphatic rings. The maximum atomic E-state index is 12.5. The summed E-state index contributed by atoms with van der Waals surface area (Å²) in [7, 11) is 0. The highest BCUT2D eigenvalue weighted by Crippen LogP contribution is 2.47. The third-order valence-corrected chi connectivity index (χ3v) is 5.95. The van der Waals surface area contributed by atoms with Crippen molar-refractivity contribution in [1.82, 2.24) is 0 Å². The number of aliphatic hydroxyl groups is 1. The van der Waals surface area contributed by atoms with Crippen LogP contribution in [0, 0.1) is 17.8 Å². The van der Waals surface area contributed by atoms with Crippen molar-refractivity contribution in [2.45, 2.75) is 76.4 Å². The second-order valence-electron chi connectivity index (χ2n) is 7.60. The predicted molar refractivity (Wildman–Crippen MR) is 88.2 cm³/mol. The Labute approximate surface area is 143 Å². The highest BCUT2D eigenvalue weighted by molar-refractivity contribution is 5.81. The van der Waals surface area contributed by atoms with Crippen molar-refractivity contribution in [3.05, 3.63) is 11.8 Å². The van der Waals surface area contributed by atoms with Gasteiger partial charge in [-0.1, -0.05) is 12.8 Å². The van der Waals surface area contributed by atoms with Gasteiger partial charge >= 0.3 is 5.97 Å². The number of hydrogen-bond donors (Lipinski definition) is 2. The Hall–Kier alpha value is -1.36. The van der Waals surface area contributed by atoms with E-state index < -0.39 is 12.1 Å². The minimum absolute atomic E-state index is 0.0205. The summed E-state index contributed by atoms with van der Waals surface area (Å²) in [6.07, 6.45) is 9.29. The second-order valence-corrected chi connectivity index (χ2v) is 7.60. The standard InChI is InChI=1S/C19H28O5/c20-16(12-5-1-2-6-12)10-14-15-9-13(7-3-4-8-19(22)23)24-18(15)11-17(14)21/h7,12,14-15,17-18,21H,1-6,8-11H2,(H,22,23)/b13-7+/t14-,15-,17-,18+/m1/s1. The van der Waals surface area contributed by atoms with Crippen molar-refractivity contribution in [2.24, 2.45) is 17.8 Å². The van der Waals surface area contributed by atoms with Crippen LogP contribution in [-0.2, 0) is 14.3 Å². The first-order valence-corrected chi connectivity index (χ1v) is 9.33. The van der Waals surface area contributed by atoms with Gasteiger partial charge in [-0.15, -0.1) is 0 Å². The molecule has 2 N–H and O–H groups in total. The van der Waals surface area contributed by atoms with Gasteiger partial charge in [0.25, 0.3) is 0 Å². The lowest BCUT2D eigenvalue weighted by atomic mass is 9.84. The number of carboxylic acid groups (broad SMARTS) is 1. The lowest BCUT2D eigenvalue weighted by molar-refractivity contribution is -0.137.